The van der Waals surface area contributed by atoms with E-state index in [2.05, 4.69) is 15.3 Å². The van der Waals surface area contributed by atoms with Crippen LogP contribution in [-0.4, -0.2) is 29.4 Å². The summed E-state index contributed by atoms with van der Waals surface area (Å²) in [7, 11) is 0. The third kappa shape index (κ3) is 4.07. The van der Waals surface area contributed by atoms with Gasteiger partial charge in [0, 0.05) is 0 Å². The van der Waals surface area contributed by atoms with E-state index >= 15 is 0 Å². The topological polar surface area (TPSA) is 133 Å². The Hall–Kier alpha value is -2.94. The van der Waals surface area contributed by atoms with Crippen LogP contribution >= 0.6 is 11.3 Å². The number of benzene rings is 1. The van der Waals surface area contributed by atoms with Crippen molar-refractivity contribution >= 4 is 40.0 Å². The maximum Gasteiger partial charge on any atom is 0.340 e. The number of anilines is 1. The van der Waals surface area contributed by atoms with Gasteiger partial charge in [0.15, 0.2) is 5.96 Å². The summed E-state index contributed by atoms with van der Waals surface area (Å²) < 4.78 is 4.98. The van der Waals surface area contributed by atoms with Gasteiger partial charge in [-0.1, -0.05) is 23.5 Å². The predicted octanol–water partition coefficient (Wildman–Crippen LogP) is 1.79. The molecule has 0 bridgehead atoms. The van der Waals surface area contributed by atoms with Crippen molar-refractivity contribution in [3.8, 4) is 0 Å². The van der Waals surface area contributed by atoms with E-state index < -0.39 is 11.9 Å². The zero-order valence-electron chi connectivity index (χ0n) is 13.2. The fourth-order valence-corrected chi connectivity index (χ4v) is 2.76. The Morgan fingerprint density at radius 3 is 2.71 bits per heavy atom. The van der Waals surface area contributed by atoms with E-state index in [1.807, 2.05) is 0 Å². The number of nitrogens with zero attached hydrogens (tertiary/aromatic N) is 2. The molecule has 0 spiro atoms. The van der Waals surface area contributed by atoms with Crippen LogP contribution in [0.15, 0.2) is 29.3 Å². The Bertz CT molecular complexity index is 796. The van der Waals surface area contributed by atoms with Crippen molar-refractivity contribution in [2.45, 2.75) is 13.8 Å². The van der Waals surface area contributed by atoms with Crippen molar-refractivity contribution < 1.29 is 14.3 Å². The predicted molar refractivity (Wildman–Crippen MR) is 92.7 cm³/mol. The number of thiazole rings is 1. The van der Waals surface area contributed by atoms with Crippen molar-refractivity contribution in [2.75, 3.05) is 11.9 Å². The molecule has 1 amide bonds. The van der Waals surface area contributed by atoms with Gasteiger partial charge in [-0.05, 0) is 26.0 Å². The summed E-state index contributed by atoms with van der Waals surface area (Å²) in [6.45, 7) is 3.64. The van der Waals surface area contributed by atoms with Gasteiger partial charge in [-0.15, -0.1) is 0 Å². The number of carbonyl (C=O) groups excluding carboxylic acids is 2. The SMILES string of the molecule is CCOC(=O)c1ccccc1NC(=O)c1sc(N=C(N)N)nc1C. The molecule has 126 valence electrons. The zero-order chi connectivity index (χ0) is 17.7. The number of carbonyl (C=O) groups is 2. The maximum atomic E-state index is 12.5. The molecule has 2 rings (SSSR count). The molecule has 1 heterocycles. The molecule has 0 aliphatic heterocycles. The number of guanidine groups is 1. The number of nitrogens with two attached hydrogens (primary N) is 2. The molecular formula is C15H17N5O3S. The molecule has 9 heteroatoms. The fourth-order valence-electron chi connectivity index (χ4n) is 1.91. The third-order valence-electron chi connectivity index (χ3n) is 2.89. The molecular weight excluding hydrogens is 330 g/mol. The summed E-state index contributed by atoms with van der Waals surface area (Å²) in [5.41, 5.74) is 11.7. The van der Waals surface area contributed by atoms with Crippen LogP contribution in [0, 0.1) is 6.92 Å². The fraction of sp³-hybridized carbons (Fsp3) is 0.200. The maximum absolute atomic E-state index is 12.5. The normalized spacial score (nSPS) is 10.1. The second-order valence-corrected chi connectivity index (χ2v) is 5.65. The number of amides is 1. The van der Waals surface area contributed by atoms with Crippen LogP contribution in [-0.2, 0) is 4.74 Å². The minimum absolute atomic E-state index is 0.136. The summed E-state index contributed by atoms with van der Waals surface area (Å²) in [5.74, 6) is -1.04. The lowest BCUT2D eigenvalue weighted by molar-refractivity contribution is 0.0527. The highest BCUT2D eigenvalue weighted by Crippen LogP contribution is 2.26. The van der Waals surface area contributed by atoms with Gasteiger partial charge in [-0.2, -0.15) is 4.99 Å². The Morgan fingerprint density at radius 2 is 2.04 bits per heavy atom. The van der Waals surface area contributed by atoms with Crippen molar-refractivity contribution in [3.05, 3.63) is 40.4 Å². The molecule has 0 atom stereocenters. The van der Waals surface area contributed by atoms with Gasteiger partial charge in [0.25, 0.3) is 5.91 Å². The van der Waals surface area contributed by atoms with E-state index in [0.29, 0.717) is 16.3 Å². The van der Waals surface area contributed by atoms with E-state index in [-0.39, 0.29) is 23.3 Å². The summed E-state index contributed by atoms with van der Waals surface area (Å²) in [5, 5.41) is 2.98. The Morgan fingerprint density at radius 1 is 1.33 bits per heavy atom. The monoisotopic (exact) mass is 347 g/mol. The number of nitrogens with one attached hydrogen (secondary N) is 1. The lowest BCUT2D eigenvalue weighted by Gasteiger charge is -2.09. The van der Waals surface area contributed by atoms with Gasteiger partial charge >= 0.3 is 5.97 Å². The highest BCUT2D eigenvalue weighted by Gasteiger charge is 2.19. The van der Waals surface area contributed by atoms with Crippen LogP contribution in [0.25, 0.3) is 0 Å². The van der Waals surface area contributed by atoms with Crippen molar-refractivity contribution in [1.82, 2.24) is 4.98 Å². The molecule has 24 heavy (non-hydrogen) atoms. The van der Waals surface area contributed by atoms with E-state index in [9.17, 15) is 9.59 Å². The summed E-state index contributed by atoms with van der Waals surface area (Å²) in [6.07, 6.45) is 0. The van der Waals surface area contributed by atoms with E-state index in [1.54, 1.807) is 38.1 Å². The second kappa shape index (κ2) is 7.55. The van der Waals surface area contributed by atoms with Gasteiger partial charge < -0.3 is 21.5 Å². The third-order valence-corrected chi connectivity index (χ3v) is 3.94. The summed E-state index contributed by atoms with van der Waals surface area (Å²) in [6, 6.07) is 6.61. The summed E-state index contributed by atoms with van der Waals surface area (Å²) >= 11 is 1.05. The molecule has 2 aromatic rings. The lowest BCUT2D eigenvalue weighted by atomic mass is 10.1. The second-order valence-electron chi connectivity index (χ2n) is 4.67. The number of aryl methyl sites for hydroxylation is 1. The van der Waals surface area contributed by atoms with Crippen LogP contribution in [0.5, 0.6) is 0 Å². The average molecular weight is 347 g/mol. The highest BCUT2D eigenvalue weighted by molar-refractivity contribution is 7.17. The first-order valence-corrected chi connectivity index (χ1v) is 7.88. The minimum atomic E-state index is -0.504. The first-order chi connectivity index (χ1) is 11.4. The largest absolute Gasteiger partial charge is 0.462 e. The number of rotatable bonds is 5. The average Bonchev–Trinajstić information content (AvgIpc) is 2.87. The first-order valence-electron chi connectivity index (χ1n) is 7.07. The number of aliphatic imine (C=N–C) groups is 1. The molecule has 0 fully saturated rings. The van der Waals surface area contributed by atoms with Gasteiger partial charge in [-0.3, -0.25) is 4.79 Å². The van der Waals surface area contributed by atoms with Gasteiger partial charge in [0.1, 0.15) is 4.88 Å². The quantitative estimate of drug-likeness (QED) is 0.429. The van der Waals surface area contributed by atoms with Crippen molar-refractivity contribution in [1.29, 1.82) is 0 Å². The first kappa shape index (κ1) is 17.4. The minimum Gasteiger partial charge on any atom is -0.462 e. The van der Waals surface area contributed by atoms with E-state index in [4.69, 9.17) is 16.2 Å². The van der Waals surface area contributed by atoms with Crippen LogP contribution in [0.4, 0.5) is 10.8 Å². The van der Waals surface area contributed by atoms with Gasteiger partial charge in [-0.25, -0.2) is 9.78 Å². The van der Waals surface area contributed by atoms with Crippen molar-refractivity contribution in [3.63, 3.8) is 0 Å². The zero-order valence-corrected chi connectivity index (χ0v) is 14.0. The number of hydrogen-bond acceptors (Lipinski definition) is 6. The van der Waals surface area contributed by atoms with Gasteiger partial charge in [0.2, 0.25) is 5.13 Å². The Labute approximate surface area is 142 Å². The van der Waals surface area contributed by atoms with Crippen LogP contribution in [0.3, 0.4) is 0 Å². The number of hydrogen-bond donors (Lipinski definition) is 3. The number of aromatic nitrogens is 1. The molecule has 1 aromatic heterocycles. The Balaban J connectivity index is 2.26. The van der Waals surface area contributed by atoms with Crippen LogP contribution < -0.4 is 16.8 Å². The Kier molecular flexibility index (Phi) is 5.48. The molecule has 8 nitrogen and oxygen atoms in total. The molecule has 0 radical (unpaired) electrons. The molecule has 0 saturated carbocycles. The number of para-hydroxylation sites is 1. The standard InChI is InChI=1S/C15H17N5O3S/c1-3-23-13(22)9-6-4-5-7-10(9)19-12(21)11-8(2)18-15(24-11)20-14(16)17/h4-7H,3H2,1-2H3,(H,19,21)(H4,16,17,18,20). The van der Waals surface area contributed by atoms with Gasteiger partial charge in [0.05, 0.1) is 23.6 Å². The molecule has 0 aliphatic carbocycles. The smallest absolute Gasteiger partial charge is 0.340 e. The molecule has 1 aromatic carbocycles. The van der Waals surface area contributed by atoms with Crippen molar-refractivity contribution in [2.24, 2.45) is 16.5 Å². The van der Waals surface area contributed by atoms with E-state index in [1.165, 1.54) is 0 Å². The highest BCUT2D eigenvalue weighted by atomic mass is 32.1. The van der Waals surface area contributed by atoms with Crippen LogP contribution in [0.1, 0.15) is 32.6 Å². The summed E-state index contributed by atoms with van der Waals surface area (Å²) in [4.78, 5) is 32.7. The number of esters is 1. The molecule has 0 saturated heterocycles. The number of ether oxygens (including phenoxy) is 1. The molecule has 5 N–H and O–H groups in total. The lowest BCUT2D eigenvalue weighted by Crippen LogP contribution is -2.21. The molecule has 0 aliphatic rings. The molecule has 0 unspecified atom stereocenters. The van der Waals surface area contributed by atoms with E-state index in [0.717, 1.165) is 11.3 Å². The van der Waals surface area contributed by atoms with Crippen LogP contribution in [0.2, 0.25) is 0 Å².